The second kappa shape index (κ2) is 136. The molecule has 0 saturated carbocycles. The van der Waals surface area contributed by atoms with Crippen LogP contribution in [0.15, 0.2) is 0 Å². The molecule has 0 saturated heterocycles. The van der Waals surface area contributed by atoms with E-state index in [4.69, 9.17) is 35.9 Å². The molecule has 0 spiro atoms. The lowest BCUT2D eigenvalue weighted by molar-refractivity contribution is -0.237. The van der Waals surface area contributed by atoms with Gasteiger partial charge < -0.3 is 30.6 Å². The van der Waals surface area contributed by atoms with Gasteiger partial charge >= 0.3 is 0 Å². The van der Waals surface area contributed by atoms with E-state index in [1.54, 1.807) is 48.5 Å². The minimum atomic E-state index is 0.250. The molecule has 22 heavy (non-hydrogen) atoms. The van der Waals surface area contributed by atoms with Crippen LogP contribution in [-0.2, 0) is 4.89 Å². The fourth-order valence-corrected chi connectivity index (χ4v) is 0. The summed E-state index contributed by atoms with van der Waals surface area (Å²) in [6.45, 7) is 13.7. The summed E-state index contributed by atoms with van der Waals surface area (Å²) in [5.41, 5.74) is 0. The molecule has 0 fully saturated rings. The van der Waals surface area contributed by atoms with Gasteiger partial charge in [-0.1, -0.05) is 0 Å². The van der Waals surface area contributed by atoms with Crippen LogP contribution in [0.5, 0.6) is 0 Å². The monoisotopic (exact) mass is 338 g/mol. The Labute approximate surface area is 136 Å². The molecule has 0 rings (SSSR count). The van der Waals surface area contributed by atoms with Crippen molar-refractivity contribution in [2.24, 2.45) is 0 Å². The Balaban J connectivity index is -0.0000000239. The molecule has 0 amide bonds. The van der Waals surface area contributed by atoms with Crippen LogP contribution < -0.4 is 0 Å². The van der Waals surface area contributed by atoms with E-state index in [1.165, 1.54) is 0 Å². The zero-order chi connectivity index (χ0) is 19.7. The van der Waals surface area contributed by atoms with Crippen molar-refractivity contribution >= 4 is 0 Å². The molecule has 0 bridgehead atoms. The van der Waals surface area contributed by atoms with Crippen LogP contribution in [0.1, 0.15) is 48.5 Å². The molecule has 0 unspecified atom stereocenters. The Morgan fingerprint density at radius 2 is 0.500 bits per heavy atom. The van der Waals surface area contributed by atoms with Crippen molar-refractivity contribution in [3.05, 3.63) is 0 Å². The first-order chi connectivity index (χ1) is 10.4. The predicted octanol–water partition coefficient (Wildman–Crippen LogP) is 0.488. The third-order valence-electron chi connectivity index (χ3n) is 0.129. The third-order valence-corrected chi connectivity index (χ3v) is 0.129. The first-order valence-corrected chi connectivity index (χ1v) is 7.32. The van der Waals surface area contributed by atoms with Crippen LogP contribution in [0.25, 0.3) is 0 Å². The summed E-state index contributed by atoms with van der Waals surface area (Å²) in [6.07, 6.45) is 0. The topological polar surface area (TPSA) is 151 Å². The highest BCUT2D eigenvalue weighted by atomic mass is 17.1. The van der Waals surface area contributed by atoms with Crippen molar-refractivity contribution in [2.75, 3.05) is 46.2 Å². The molecule has 0 heterocycles. The fraction of sp³-hybridized carbons (Fsp3) is 1.00. The van der Waals surface area contributed by atoms with Gasteiger partial charge in [-0.25, -0.2) is 4.89 Å². The van der Waals surface area contributed by atoms with Crippen molar-refractivity contribution in [3.8, 4) is 0 Å². The molecule has 0 aromatic carbocycles. The smallest absolute Gasteiger partial charge is 0.0791 e. The maximum Gasteiger partial charge on any atom is 0.0791 e. The second-order valence-electron chi connectivity index (χ2n) is 2.32. The zero-order valence-corrected chi connectivity index (χ0v) is 15.5. The van der Waals surface area contributed by atoms with Crippen molar-refractivity contribution < 1.29 is 40.8 Å². The van der Waals surface area contributed by atoms with Crippen LogP contribution in [-0.4, -0.2) is 82.1 Å². The van der Waals surface area contributed by atoms with Gasteiger partial charge in [0.25, 0.3) is 0 Å². The molecule has 0 aromatic heterocycles. The molecule has 0 radical (unpaired) electrons. The summed E-state index contributed by atoms with van der Waals surface area (Å²) in [5.74, 6) is 0. The van der Waals surface area contributed by atoms with Crippen molar-refractivity contribution in [1.82, 2.24) is 0 Å². The van der Waals surface area contributed by atoms with Gasteiger partial charge in [0.2, 0.25) is 0 Å². The van der Waals surface area contributed by atoms with Gasteiger partial charge in [-0.2, -0.15) is 0 Å². The summed E-state index contributed by atoms with van der Waals surface area (Å²) in [7, 11) is 0. The van der Waals surface area contributed by atoms with Gasteiger partial charge in [-0.05, 0) is 48.5 Å². The minimum Gasteiger partial charge on any atom is -0.397 e. The molecule has 0 aliphatic heterocycles. The summed E-state index contributed by atoms with van der Waals surface area (Å²) >= 11 is 0. The summed E-state index contributed by atoms with van der Waals surface area (Å²) in [6, 6.07) is 0. The molecule has 7 N–H and O–H groups in total. The number of hydrogen-bond acceptors (Lipinski definition) is 8. The molecular weight excluding hydrogens is 296 g/mol. The fourth-order valence-electron chi connectivity index (χ4n) is 0. The predicted molar refractivity (Wildman–Crippen MR) is 90.8 cm³/mol. The molecular formula is C14H42O8. The van der Waals surface area contributed by atoms with E-state index in [-0.39, 0.29) is 39.6 Å². The van der Waals surface area contributed by atoms with Crippen molar-refractivity contribution in [3.63, 3.8) is 0 Å². The van der Waals surface area contributed by atoms with Gasteiger partial charge in [0.15, 0.2) is 0 Å². The quantitative estimate of drug-likeness (QED) is 0.269. The normalized spacial score (nSPS) is 6.27. The van der Waals surface area contributed by atoms with Crippen LogP contribution >= 0.6 is 0 Å². The molecule has 0 aliphatic carbocycles. The maximum absolute atomic E-state index is 7.57. The Kier molecular flexibility index (Phi) is 266. The minimum absolute atomic E-state index is 0.250. The highest BCUT2D eigenvalue weighted by molar-refractivity contribution is 3.88. The molecule has 8 heteroatoms. The number of rotatable bonds is 1. The first kappa shape index (κ1) is 43.0. The Morgan fingerprint density at radius 1 is 0.455 bits per heavy atom. The highest BCUT2D eigenvalue weighted by Crippen LogP contribution is 1.51. The SMILES string of the molecule is CCO.CCO.CCO.CCO.CCO.CCO.CCOO. The van der Waals surface area contributed by atoms with E-state index in [0.717, 1.165) is 0 Å². The van der Waals surface area contributed by atoms with Gasteiger partial charge in [0.1, 0.15) is 0 Å². The lowest BCUT2D eigenvalue weighted by Crippen LogP contribution is -1.74. The van der Waals surface area contributed by atoms with E-state index in [2.05, 4.69) is 4.89 Å². The largest absolute Gasteiger partial charge is 0.397 e. The van der Waals surface area contributed by atoms with Crippen LogP contribution in [0.4, 0.5) is 0 Å². The van der Waals surface area contributed by atoms with Crippen molar-refractivity contribution in [1.29, 1.82) is 0 Å². The van der Waals surface area contributed by atoms with Crippen LogP contribution in [0, 0.1) is 0 Å². The molecule has 0 aromatic rings. The van der Waals surface area contributed by atoms with E-state index in [1.807, 2.05) is 0 Å². The average Bonchev–Trinajstić information content (AvgIpc) is 2.44. The molecule has 0 aliphatic rings. The third kappa shape index (κ3) is 14900. The molecule has 0 atom stereocenters. The molecule has 8 nitrogen and oxygen atoms in total. The van der Waals surface area contributed by atoms with Crippen molar-refractivity contribution in [2.45, 2.75) is 48.5 Å². The first-order valence-electron chi connectivity index (χ1n) is 7.32. The van der Waals surface area contributed by atoms with E-state index in [9.17, 15) is 0 Å². The lowest BCUT2D eigenvalue weighted by atomic mass is 10.9. The standard InChI is InChI=1S/C2H6O2.6C2H6O/c1-2-4-3;6*1-2-3/h3H,2H2,1H3;6*3H,2H2,1H3. The van der Waals surface area contributed by atoms with Crippen LogP contribution in [0.2, 0.25) is 0 Å². The number of aliphatic hydroxyl groups excluding tert-OH is 6. The van der Waals surface area contributed by atoms with E-state index < -0.39 is 0 Å². The van der Waals surface area contributed by atoms with Gasteiger partial charge in [0.05, 0.1) is 6.61 Å². The Bertz CT molecular complexity index is 51.3. The number of aliphatic hydroxyl groups is 6. The van der Waals surface area contributed by atoms with E-state index in [0.29, 0.717) is 6.61 Å². The summed E-state index contributed by atoms with van der Waals surface area (Å²) in [4.78, 5) is 3.54. The molecule has 146 valence electrons. The van der Waals surface area contributed by atoms with Gasteiger partial charge in [-0.15, -0.1) is 0 Å². The average molecular weight is 338 g/mol. The zero-order valence-electron chi connectivity index (χ0n) is 15.5. The Morgan fingerprint density at radius 3 is 0.500 bits per heavy atom. The lowest BCUT2D eigenvalue weighted by Gasteiger charge is -1.73. The van der Waals surface area contributed by atoms with E-state index >= 15 is 0 Å². The van der Waals surface area contributed by atoms with Gasteiger partial charge in [-0.3, -0.25) is 5.26 Å². The summed E-state index contributed by atoms with van der Waals surface area (Å²) in [5, 5.41) is 52.8. The maximum atomic E-state index is 7.57. The number of hydrogen-bond donors (Lipinski definition) is 7. The second-order valence-corrected chi connectivity index (χ2v) is 2.32. The summed E-state index contributed by atoms with van der Waals surface area (Å²) < 4.78 is 0. The Hall–Kier alpha value is -0.320. The van der Waals surface area contributed by atoms with Gasteiger partial charge in [0, 0.05) is 39.6 Å². The van der Waals surface area contributed by atoms with Crippen LogP contribution in [0.3, 0.4) is 0 Å². The highest BCUT2D eigenvalue weighted by Gasteiger charge is 1.54.